The van der Waals surface area contributed by atoms with E-state index in [1.165, 1.54) is 0 Å². The maximum Gasteiger partial charge on any atom is 0.315 e. The molecule has 2 amide bonds. The maximum atomic E-state index is 12.3. The van der Waals surface area contributed by atoms with Gasteiger partial charge in [-0.05, 0) is 30.5 Å². The van der Waals surface area contributed by atoms with Gasteiger partial charge in [0.05, 0.1) is 17.9 Å². The zero-order valence-electron chi connectivity index (χ0n) is 15.7. The number of aliphatic carboxylic acids is 1. The van der Waals surface area contributed by atoms with Gasteiger partial charge in [-0.3, -0.25) is 9.78 Å². The monoisotopic (exact) mass is 370 g/mol. The van der Waals surface area contributed by atoms with Crippen molar-refractivity contribution in [3.05, 3.63) is 59.9 Å². The first-order valence-corrected chi connectivity index (χ1v) is 8.87. The highest BCUT2D eigenvalue weighted by Gasteiger charge is 2.15. The van der Waals surface area contributed by atoms with E-state index in [0.29, 0.717) is 12.8 Å². The van der Waals surface area contributed by atoms with Crippen LogP contribution in [0.4, 0.5) is 10.5 Å². The van der Waals surface area contributed by atoms with Crippen LogP contribution in [0.25, 0.3) is 0 Å². The molecule has 0 bridgehead atoms. The Hall–Kier alpha value is -3.09. The number of nitrogens with one attached hydrogen (secondary N) is 2. The molecule has 1 unspecified atom stereocenters. The smallest absolute Gasteiger partial charge is 0.315 e. The summed E-state index contributed by atoms with van der Waals surface area (Å²) in [4.78, 5) is 29.5. The number of amides is 2. The summed E-state index contributed by atoms with van der Waals surface area (Å²) in [6.07, 6.45) is 2.63. The lowest BCUT2D eigenvalue weighted by Gasteiger charge is -2.20. The zero-order chi connectivity index (χ0) is 19.6. The number of carboxylic acids is 1. The number of rotatable bonds is 9. The second-order valence-corrected chi connectivity index (χ2v) is 6.51. The molecule has 0 aliphatic rings. The van der Waals surface area contributed by atoms with Crippen molar-refractivity contribution < 1.29 is 14.7 Å². The molecule has 2 aromatic rings. The van der Waals surface area contributed by atoms with Gasteiger partial charge in [0, 0.05) is 32.8 Å². The quantitative estimate of drug-likeness (QED) is 0.630. The van der Waals surface area contributed by atoms with Crippen LogP contribution in [0, 0.1) is 0 Å². The van der Waals surface area contributed by atoms with Gasteiger partial charge in [0.2, 0.25) is 0 Å². The van der Waals surface area contributed by atoms with E-state index in [9.17, 15) is 9.59 Å². The SMILES string of the molecule is CN(C)c1cccnc1CNC(=O)NC(CCC(=O)O)Cc1ccccc1. The number of urea groups is 1. The molecule has 7 heteroatoms. The van der Waals surface area contributed by atoms with Crippen molar-refractivity contribution in [3.63, 3.8) is 0 Å². The predicted octanol–water partition coefficient (Wildman–Crippen LogP) is 2.42. The fourth-order valence-corrected chi connectivity index (χ4v) is 2.79. The van der Waals surface area contributed by atoms with Gasteiger partial charge in [-0.1, -0.05) is 30.3 Å². The van der Waals surface area contributed by atoms with Gasteiger partial charge < -0.3 is 20.6 Å². The van der Waals surface area contributed by atoms with E-state index in [4.69, 9.17) is 5.11 Å². The average Bonchev–Trinajstić information content (AvgIpc) is 2.65. The lowest BCUT2D eigenvalue weighted by Crippen LogP contribution is -2.43. The van der Waals surface area contributed by atoms with Crippen molar-refractivity contribution in [1.82, 2.24) is 15.6 Å². The Bertz CT molecular complexity index is 750. The standard InChI is InChI=1S/C20H26N4O3/c1-24(2)18-9-6-12-21-17(18)14-22-20(27)23-16(10-11-19(25)26)13-15-7-4-3-5-8-15/h3-9,12,16H,10-11,13-14H2,1-2H3,(H,25,26)(H2,22,23,27). The number of benzene rings is 1. The van der Waals surface area contributed by atoms with Crippen molar-refractivity contribution in [1.29, 1.82) is 0 Å². The molecule has 0 fully saturated rings. The van der Waals surface area contributed by atoms with Crippen LogP contribution in [-0.2, 0) is 17.8 Å². The molecule has 0 aliphatic carbocycles. The predicted molar refractivity (Wildman–Crippen MR) is 105 cm³/mol. The Morgan fingerprint density at radius 2 is 1.89 bits per heavy atom. The molecule has 0 aliphatic heterocycles. The lowest BCUT2D eigenvalue weighted by molar-refractivity contribution is -0.137. The Balaban J connectivity index is 1.95. The van der Waals surface area contributed by atoms with Crippen LogP contribution < -0.4 is 15.5 Å². The molecule has 0 spiro atoms. The summed E-state index contributed by atoms with van der Waals surface area (Å²) in [5, 5.41) is 14.7. The number of hydrogen-bond donors (Lipinski definition) is 3. The first-order chi connectivity index (χ1) is 13.0. The van der Waals surface area contributed by atoms with Gasteiger partial charge in [-0.2, -0.15) is 0 Å². The highest BCUT2D eigenvalue weighted by atomic mass is 16.4. The lowest BCUT2D eigenvalue weighted by atomic mass is 10.0. The minimum absolute atomic E-state index is 0.00278. The third-order valence-corrected chi connectivity index (χ3v) is 4.13. The summed E-state index contributed by atoms with van der Waals surface area (Å²) in [7, 11) is 3.84. The Morgan fingerprint density at radius 3 is 2.56 bits per heavy atom. The van der Waals surface area contributed by atoms with Crippen LogP contribution in [-0.4, -0.2) is 42.2 Å². The Kier molecular flexibility index (Phi) is 7.61. The summed E-state index contributed by atoms with van der Waals surface area (Å²) in [6.45, 7) is 0.289. The number of hydrogen-bond acceptors (Lipinski definition) is 4. The minimum Gasteiger partial charge on any atom is -0.481 e. The zero-order valence-corrected chi connectivity index (χ0v) is 15.7. The van der Waals surface area contributed by atoms with Crippen LogP contribution in [0.1, 0.15) is 24.1 Å². The molecule has 7 nitrogen and oxygen atoms in total. The molecule has 0 radical (unpaired) electrons. The molecular weight excluding hydrogens is 344 g/mol. The number of carbonyl (C=O) groups excluding carboxylic acids is 1. The van der Waals surface area contributed by atoms with Crippen molar-refractivity contribution in [2.24, 2.45) is 0 Å². The van der Waals surface area contributed by atoms with Crippen molar-refractivity contribution in [3.8, 4) is 0 Å². The van der Waals surface area contributed by atoms with Crippen LogP contribution in [0.5, 0.6) is 0 Å². The van der Waals surface area contributed by atoms with E-state index >= 15 is 0 Å². The minimum atomic E-state index is -0.876. The summed E-state index contributed by atoms with van der Waals surface area (Å²) >= 11 is 0. The van der Waals surface area contributed by atoms with Gasteiger partial charge in [0.25, 0.3) is 0 Å². The summed E-state index contributed by atoms with van der Waals surface area (Å²) in [5.74, 6) is -0.876. The second kappa shape index (κ2) is 10.2. The van der Waals surface area contributed by atoms with E-state index in [1.54, 1.807) is 6.20 Å². The highest BCUT2D eigenvalue weighted by Crippen LogP contribution is 2.15. The number of aromatic nitrogens is 1. The molecule has 3 N–H and O–H groups in total. The summed E-state index contributed by atoms with van der Waals surface area (Å²) < 4.78 is 0. The molecular formula is C20H26N4O3. The van der Waals surface area contributed by atoms with Gasteiger partial charge >= 0.3 is 12.0 Å². The maximum absolute atomic E-state index is 12.3. The normalized spacial score (nSPS) is 11.5. The first-order valence-electron chi connectivity index (χ1n) is 8.87. The molecule has 144 valence electrons. The third-order valence-electron chi connectivity index (χ3n) is 4.13. The van der Waals surface area contributed by atoms with Crippen LogP contribution in [0.15, 0.2) is 48.7 Å². The molecule has 0 saturated heterocycles. The molecule has 1 aromatic carbocycles. The van der Waals surface area contributed by atoms with E-state index in [2.05, 4.69) is 15.6 Å². The topological polar surface area (TPSA) is 94.6 Å². The van der Waals surface area contributed by atoms with Crippen molar-refractivity contribution >= 4 is 17.7 Å². The third kappa shape index (κ3) is 6.97. The molecule has 27 heavy (non-hydrogen) atoms. The van der Waals surface area contributed by atoms with Gasteiger partial charge in [0.15, 0.2) is 0 Å². The van der Waals surface area contributed by atoms with Crippen molar-refractivity contribution in [2.45, 2.75) is 31.8 Å². The van der Waals surface area contributed by atoms with Gasteiger partial charge in [0.1, 0.15) is 0 Å². The van der Waals surface area contributed by atoms with Crippen LogP contribution in [0.2, 0.25) is 0 Å². The number of carboxylic acid groups (broad SMARTS) is 1. The van der Waals surface area contributed by atoms with E-state index in [1.807, 2.05) is 61.5 Å². The van der Waals surface area contributed by atoms with Gasteiger partial charge in [-0.25, -0.2) is 4.79 Å². The van der Waals surface area contributed by atoms with Crippen LogP contribution in [0.3, 0.4) is 0 Å². The first kappa shape index (κ1) is 20.2. The second-order valence-electron chi connectivity index (χ2n) is 6.51. The fraction of sp³-hybridized carbons (Fsp3) is 0.350. The fourth-order valence-electron chi connectivity index (χ4n) is 2.79. The van der Waals surface area contributed by atoms with E-state index in [-0.39, 0.29) is 25.0 Å². The number of nitrogens with zero attached hydrogens (tertiary/aromatic N) is 2. The molecule has 1 aromatic heterocycles. The number of carbonyl (C=O) groups is 2. The Labute approximate surface area is 159 Å². The number of anilines is 1. The Morgan fingerprint density at radius 1 is 1.15 bits per heavy atom. The average molecular weight is 370 g/mol. The van der Waals surface area contributed by atoms with E-state index < -0.39 is 5.97 Å². The van der Waals surface area contributed by atoms with Crippen molar-refractivity contribution in [2.75, 3.05) is 19.0 Å². The largest absolute Gasteiger partial charge is 0.481 e. The summed E-state index contributed by atoms with van der Waals surface area (Å²) in [5.41, 5.74) is 2.75. The van der Waals surface area contributed by atoms with E-state index in [0.717, 1.165) is 16.9 Å². The molecule has 1 atom stereocenters. The van der Waals surface area contributed by atoms with Crippen LogP contribution >= 0.6 is 0 Å². The highest BCUT2D eigenvalue weighted by molar-refractivity contribution is 5.74. The molecule has 0 saturated carbocycles. The number of pyridine rings is 1. The summed E-state index contributed by atoms with van der Waals surface area (Å²) in [6, 6.07) is 12.9. The van der Waals surface area contributed by atoms with Gasteiger partial charge in [-0.15, -0.1) is 0 Å². The molecule has 1 heterocycles. The molecule has 2 rings (SSSR count).